The van der Waals surface area contributed by atoms with Gasteiger partial charge in [0.2, 0.25) is 0 Å². The van der Waals surface area contributed by atoms with E-state index in [1.165, 1.54) is 26.2 Å². The highest BCUT2D eigenvalue weighted by atomic mass is 19.3. The molecular weight excluding hydrogens is 427 g/mol. The topological polar surface area (TPSA) is 82.6 Å². The normalized spacial score (nSPS) is 14.6. The quantitative estimate of drug-likeness (QED) is 0.574. The molecule has 0 aliphatic heterocycles. The average Bonchev–Trinajstić information content (AvgIpc) is 2.79. The Balaban J connectivity index is 0.000000433. The summed E-state index contributed by atoms with van der Waals surface area (Å²) < 4.78 is 46.0. The van der Waals surface area contributed by atoms with Crippen LogP contribution in [0.2, 0.25) is 0 Å². The number of aldehydes is 1. The van der Waals surface area contributed by atoms with Gasteiger partial charge in [0.1, 0.15) is 31.4 Å². The Bertz CT molecular complexity index is 777. The predicted molar refractivity (Wildman–Crippen MR) is 116 cm³/mol. The number of nitrogens with zero attached hydrogens (tertiary/aromatic N) is 2. The fourth-order valence-electron chi connectivity index (χ4n) is 2.81. The summed E-state index contributed by atoms with van der Waals surface area (Å²) in [6, 6.07) is 5.49. The van der Waals surface area contributed by atoms with E-state index in [1.54, 1.807) is 31.4 Å². The molecule has 0 amide bonds. The number of carbonyl (C=O) groups is 1. The Morgan fingerprint density at radius 2 is 1.91 bits per heavy atom. The number of fused-ring (bicyclic) bond motifs is 1. The van der Waals surface area contributed by atoms with E-state index in [1.807, 2.05) is 6.92 Å². The van der Waals surface area contributed by atoms with Crippen LogP contribution < -0.4 is 14.8 Å². The summed E-state index contributed by atoms with van der Waals surface area (Å²) in [6.45, 7) is 2.78. The van der Waals surface area contributed by atoms with Crippen LogP contribution in [0, 0.1) is 0 Å². The van der Waals surface area contributed by atoms with E-state index in [4.69, 9.17) is 14.3 Å². The zero-order chi connectivity index (χ0) is 23.8. The molecule has 32 heavy (non-hydrogen) atoms. The molecule has 1 saturated carbocycles. The molecule has 2 aromatic rings. The molecule has 0 bridgehead atoms. The first-order chi connectivity index (χ1) is 15.4. The van der Waals surface area contributed by atoms with Crippen LogP contribution in [0.1, 0.15) is 46.0 Å². The number of likely N-dealkylation sites (N-methyl/N-ethyl adjacent to an activating group) is 1. The number of alkyl halides is 2. The molecule has 7 nitrogen and oxygen atoms in total. The molecule has 1 fully saturated rings. The van der Waals surface area contributed by atoms with Crippen molar-refractivity contribution in [3.05, 3.63) is 24.4 Å². The molecule has 0 radical (unpaired) electrons. The van der Waals surface area contributed by atoms with Crippen LogP contribution in [0.3, 0.4) is 0 Å². The Labute approximate surface area is 186 Å². The lowest BCUT2D eigenvalue weighted by molar-refractivity contribution is -0.137. The number of hydrogen-bond acceptors (Lipinski definition) is 7. The summed E-state index contributed by atoms with van der Waals surface area (Å²) in [4.78, 5) is 20.7. The fourth-order valence-corrected chi connectivity index (χ4v) is 2.81. The van der Waals surface area contributed by atoms with Crippen molar-refractivity contribution < 1.29 is 32.5 Å². The molecule has 1 N–H and O–H groups in total. The first kappa shape index (κ1) is 27.6. The van der Waals surface area contributed by atoms with Crippen molar-refractivity contribution in [2.24, 2.45) is 0 Å². The van der Waals surface area contributed by atoms with Crippen LogP contribution >= 0.6 is 0 Å². The second-order valence-electron chi connectivity index (χ2n) is 7.15. The largest absolute Gasteiger partial charge is 0.488 e. The first-order valence-corrected chi connectivity index (χ1v) is 10.6. The Hall–Kier alpha value is -2.46. The minimum absolute atomic E-state index is 0.102. The molecule has 1 unspecified atom stereocenters. The van der Waals surface area contributed by atoms with Crippen molar-refractivity contribution in [2.75, 3.05) is 20.3 Å². The van der Waals surface area contributed by atoms with Gasteiger partial charge < -0.3 is 19.6 Å². The molecular formula is C22H32F3N3O4. The number of benzene rings is 1. The number of aromatic nitrogens is 2. The Kier molecular flexibility index (Phi) is 14.0. The fraction of sp³-hybridized carbons (Fsp3) is 0.591. The van der Waals surface area contributed by atoms with Gasteiger partial charge in [-0.25, -0.2) is 13.8 Å². The van der Waals surface area contributed by atoms with E-state index < -0.39 is 13.0 Å². The van der Waals surface area contributed by atoms with E-state index in [9.17, 15) is 13.3 Å². The Morgan fingerprint density at radius 3 is 2.47 bits per heavy atom. The van der Waals surface area contributed by atoms with E-state index in [0.29, 0.717) is 17.3 Å². The van der Waals surface area contributed by atoms with Crippen molar-refractivity contribution in [1.82, 2.24) is 15.3 Å². The Morgan fingerprint density at radius 1 is 1.22 bits per heavy atom. The van der Waals surface area contributed by atoms with Gasteiger partial charge in [-0.15, -0.1) is 0 Å². The number of halogens is 3. The minimum Gasteiger partial charge on any atom is -0.488 e. The maximum atomic E-state index is 12.1. The maximum Gasteiger partial charge on any atom is 0.317 e. The van der Waals surface area contributed by atoms with E-state index in [2.05, 4.69) is 20.2 Å². The predicted octanol–water partition coefficient (Wildman–Crippen LogP) is 4.69. The molecule has 1 atom stereocenters. The third-order valence-electron chi connectivity index (χ3n) is 4.54. The third-order valence-corrected chi connectivity index (χ3v) is 4.54. The van der Waals surface area contributed by atoms with Gasteiger partial charge in [0.25, 0.3) is 6.43 Å². The van der Waals surface area contributed by atoms with Gasteiger partial charge >= 0.3 is 6.01 Å². The van der Waals surface area contributed by atoms with Crippen molar-refractivity contribution in [3.8, 4) is 11.8 Å². The highest BCUT2D eigenvalue weighted by molar-refractivity contribution is 5.79. The SMILES string of the molecule is CC=O.CNC(C)COF.FC(F)COc1ccc2nc(OC3CCCCC3)ncc2c1. The third kappa shape index (κ3) is 11.2. The van der Waals surface area contributed by atoms with E-state index >= 15 is 0 Å². The van der Waals surface area contributed by atoms with Gasteiger partial charge in [0, 0.05) is 17.6 Å². The van der Waals surface area contributed by atoms with Gasteiger partial charge in [-0.2, -0.15) is 9.93 Å². The van der Waals surface area contributed by atoms with E-state index in [0.717, 1.165) is 24.5 Å². The van der Waals surface area contributed by atoms with Crippen LogP contribution in [0.5, 0.6) is 11.8 Å². The second kappa shape index (κ2) is 16.2. The van der Waals surface area contributed by atoms with Crippen LogP contribution in [-0.2, 0) is 9.74 Å². The molecule has 0 spiro atoms. The van der Waals surface area contributed by atoms with E-state index in [-0.39, 0.29) is 18.8 Å². The van der Waals surface area contributed by atoms with Gasteiger partial charge in [-0.05, 0) is 69.3 Å². The number of rotatable bonds is 8. The molecule has 1 heterocycles. The van der Waals surface area contributed by atoms with Crippen molar-refractivity contribution in [3.63, 3.8) is 0 Å². The number of carbonyl (C=O) groups excluding carboxylic acids is 1. The number of ether oxygens (including phenoxy) is 2. The average molecular weight is 460 g/mol. The molecule has 0 saturated heterocycles. The lowest BCUT2D eigenvalue weighted by Gasteiger charge is -2.21. The summed E-state index contributed by atoms with van der Waals surface area (Å²) in [5, 5.41) is 3.54. The van der Waals surface area contributed by atoms with Crippen molar-refractivity contribution in [2.45, 2.75) is 64.5 Å². The summed E-state index contributed by atoms with van der Waals surface area (Å²) in [6.07, 6.45) is 5.81. The summed E-state index contributed by atoms with van der Waals surface area (Å²) in [5.74, 6) is 0.386. The molecule has 1 aliphatic carbocycles. The van der Waals surface area contributed by atoms with Gasteiger partial charge in [-0.3, -0.25) is 0 Å². The zero-order valence-electron chi connectivity index (χ0n) is 18.7. The van der Waals surface area contributed by atoms with Gasteiger partial charge in [0.15, 0.2) is 0 Å². The highest BCUT2D eigenvalue weighted by Gasteiger charge is 2.16. The summed E-state index contributed by atoms with van der Waals surface area (Å²) in [5.41, 5.74) is 0.713. The van der Waals surface area contributed by atoms with Crippen molar-refractivity contribution >= 4 is 17.2 Å². The van der Waals surface area contributed by atoms with Gasteiger partial charge in [0.05, 0.1) is 5.52 Å². The summed E-state index contributed by atoms with van der Waals surface area (Å²) >= 11 is 0. The first-order valence-electron chi connectivity index (χ1n) is 10.6. The van der Waals surface area contributed by atoms with Crippen LogP contribution in [0.4, 0.5) is 13.3 Å². The van der Waals surface area contributed by atoms with Crippen LogP contribution in [0.15, 0.2) is 24.4 Å². The molecule has 10 heteroatoms. The number of nitrogens with one attached hydrogen (secondary N) is 1. The van der Waals surface area contributed by atoms with Crippen LogP contribution in [-0.4, -0.2) is 55.1 Å². The highest BCUT2D eigenvalue weighted by Crippen LogP contribution is 2.24. The van der Waals surface area contributed by atoms with Crippen molar-refractivity contribution in [1.29, 1.82) is 0 Å². The van der Waals surface area contributed by atoms with Gasteiger partial charge in [-0.1, -0.05) is 6.42 Å². The smallest absolute Gasteiger partial charge is 0.317 e. The lowest BCUT2D eigenvalue weighted by atomic mass is 9.98. The molecule has 3 rings (SSSR count). The molecule has 1 aromatic carbocycles. The second-order valence-corrected chi connectivity index (χ2v) is 7.15. The molecule has 1 aliphatic rings. The monoisotopic (exact) mass is 459 g/mol. The molecule has 180 valence electrons. The standard InChI is InChI=1S/C16H18F2N2O2.C4H10FNO.C2H4O/c17-15(18)10-21-13-6-7-14-11(8-13)9-19-16(20-14)22-12-4-2-1-3-5-12;1-4(6-2)3-7-5;1-2-3/h6-9,12,15H,1-5,10H2;4,6H,3H2,1-2H3;2H,1H3. The maximum absolute atomic E-state index is 12.1. The summed E-state index contributed by atoms with van der Waals surface area (Å²) in [7, 11) is 1.75. The van der Waals surface area contributed by atoms with Crippen LogP contribution in [0.25, 0.3) is 10.9 Å². The lowest BCUT2D eigenvalue weighted by Crippen LogP contribution is -2.25. The minimum atomic E-state index is -2.49. The zero-order valence-corrected chi connectivity index (χ0v) is 18.7. The molecule has 1 aromatic heterocycles. The number of hydrogen-bond donors (Lipinski definition) is 1.